The number of aliphatic hydroxyl groups excluding tert-OH is 3. The first-order valence-electron chi connectivity index (χ1n) is 11.8. The number of hydrogen-bond donors (Lipinski definition) is 3. The van der Waals surface area contributed by atoms with Crippen LogP contribution in [-0.2, 0) is 4.79 Å². The quantitative estimate of drug-likeness (QED) is 0.441. The molecule has 0 aromatic carbocycles. The molecule has 4 saturated carbocycles. The summed E-state index contributed by atoms with van der Waals surface area (Å²) in [7, 11) is 0. The Balaban J connectivity index is 0.00000171. The number of rotatable bonds is 4. The molecule has 5 N–H and O–H groups in total. The molecule has 4 aliphatic rings. The van der Waals surface area contributed by atoms with Gasteiger partial charge in [0.2, 0.25) is 0 Å². The van der Waals surface area contributed by atoms with Gasteiger partial charge in [-0.3, -0.25) is 0 Å². The third kappa shape index (κ3) is 4.40. The third-order valence-corrected chi connectivity index (χ3v) is 10.3. The van der Waals surface area contributed by atoms with E-state index in [4.69, 9.17) is 0 Å². The van der Waals surface area contributed by atoms with Crippen molar-refractivity contribution in [3.05, 3.63) is 0 Å². The SMILES string of the molecule is C[C@H](CCC(=O)[O-])[C@H]1CCC2C3C(C[C@H](O)[C@@]21C)[C@@]1(C)CC[C@@H](O)C[C@H]1C[C@H]3O.O.[Na+]. The van der Waals surface area contributed by atoms with Crippen LogP contribution in [0, 0.1) is 46.3 Å². The molecule has 0 bridgehead atoms. The van der Waals surface area contributed by atoms with Crippen LogP contribution in [0.4, 0.5) is 0 Å². The van der Waals surface area contributed by atoms with Crippen molar-refractivity contribution in [1.29, 1.82) is 0 Å². The summed E-state index contributed by atoms with van der Waals surface area (Å²) in [6, 6.07) is 0. The van der Waals surface area contributed by atoms with Crippen LogP contribution in [0.1, 0.15) is 78.6 Å². The molecule has 3 unspecified atom stereocenters. The molecule has 4 rings (SSSR count). The maximum absolute atomic E-state index is 11.5. The molecule has 0 aliphatic heterocycles. The maximum atomic E-state index is 11.5. The predicted molar refractivity (Wildman–Crippen MR) is 111 cm³/mol. The van der Waals surface area contributed by atoms with Crippen LogP contribution < -0.4 is 34.7 Å². The third-order valence-electron chi connectivity index (χ3n) is 10.3. The van der Waals surface area contributed by atoms with Gasteiger partial charge in [0.15, 0.2) is 0 Å². The van der Waals surface area contributed by atoms with E-state index in [2.05, 4.69) is 20.8 Å². The van der Waals surface area contributed by atoms with E-state index in [0.29, 0.717) is 18.3 Å². The topological polar surface area (TPSA) is 132 Å². The van der Waals surface area contributed by atoms with Crippen LogP contribution in [0.15, 0.2) is 0 Å². The fourth-order valence-electron chi connectivity index (χ4n) is 8.68. The molecule has 0 saturated heterocycles. The minimum absolute atomic E-state index is 0. The fraction of sp³-hybridized carbons (Fsp3) is 0.958. The molecule has 4 aliphatic carbocycles. The summed E-state index contributed by atoms with van der Waals surface area (Å²) in [6.07, 6.45) is 5.72. The zero-order valence-electron chi connectivity index (χ0n) is 19.7. The Morgan fingerprint density at radius 3 is 2.39 bits per heavy atom. The second-order valence-corrected chi connectivity index (χ2v) is 11.4. The second-order valence-electron chi connectivity index (χ2n) is 11.4. The first-order valence-corrected chi connectivity index (χ1v) is 11.8. The molecule has 174 valence electrons. The molecule has 0 aromatic rings. The van der Waals surface area contributed by atoms with Crippen molar-refractivity contribution < 1.29 is 60.3 Å². The Hall–Kier alpha value is 0.310. The molecule has 31 heavy (non-hydrogen) atoms. The number of aliphatic hydroxyl groups is 3. The van der Waals surface area contributed by atoms with Gasteiger partial charge in [0.25, 0.3) is 0 Å². The Morgan fingerprint density at radius 2 is 1.74 bits per heavy atom. The molecule has 7 heteroatoms. The van der Waals surface area contributed by atoms with E-state index < -0.39 is 12.1 Å². The van der Waals surface area contributed by atoms with Crippen molar-refractivity contribution >= 4 is 5.97 Å². The Bertz CT molecular complexity index is 646. The van der Waals surface area contributed by atoms with Crippen LogP contribution in [-0.4, -0.2) is 45.1 Å². The average Bonchev–Trinajstić information content (AvgIpc) is 3.01. The average molecular weight is 449 g/mol. The fourth-order valence-corrected chi connectivity index (χ4v) is 8.68. The van der Waals surface area contributed by atoms with Gasteiger partial charge in [-0.2, -0.15) is 0 Å². The maximum Gasteiger partial charge on any atom is 1.00 e. The van der Waals surface area contributed by atoms with Gasteiger partial charge in [0.1, 0.15) is 0 Å². The number of carboxylic acids is 1. The van der Waals surface area contributed by atoms with E-state index in [9.17, 15) is 25.2 Å². The number of aliphatic carboxylic acids is 1. The summed E-state index contributed by atoms with van der Waals surface area (Å²) in [6.45, 7) is 6.67. The predicted octanol–water partition coefficient (Wildman–Crippen LogP) is -1.71. The zero-order valence-corrected chi connectivity index (χ0v) is 21.7. The minimum atomic E-state index is -0.998. The number of carboxylic acid groups (broad SMARTS) is 1. The van der Waals surface area contributed by atoms with Crippen LogP contribution in [0.3, 0.4) is 0 Å². The number of fused-ring (bicyclic) bond motifs is 5. The molecule has 0 amide bonds. The number of carbonyl (C=O) groups excluding carboxylic acids is 1. The van der Waals surface area contributed by atoms with Gasteiger partial charge in [-0.15, -0.1) is 0 Å². The van der Waals surface area contributed by atoms with Crippen molar-refractivity contribution in [1.82, 2.24) is 0 Å². The van der Waals surface area contributed by atoms with Crippen molar-refractivity contribution in [3.8, 4) is 0 Å². The van der Waals surface area contributed by atoms with Crippen molar-refractivity contribution in [2.75, 3.05) is 0 Å². The van der Waals surface area contributed by atoms with Crippen LogP contribution >= 0.6 is 0 Å². The Morgan fingerprint density at radius 1 is 1.06 bits per heavy atom. The Kier molecular flexibility index (Phi) is 8.79. The smallest absolute Gasteiger partial charge is 0.550 e. The van der Waals surface area contributed by atoms with Gasteiger partial charge in [-0.25, -0.2) is 0 Å². The molecule has 4 fully saturated rings. The number of hydrogen-bond acceptors (Lipinski definition) is 5. The van der Waals surface area contributed by atoms with Crippen LogP contribution in [0.5, 0.6) is 0 Å². The van der Waals surface area contributed by atoms with E-state index in [0.717, 1.165) is 44.9 Å². The molecule has 0 radical (unpaired) electrons. The van der Waals surface area contributed by atoms with Crippen molar-refractivity contribution in [3.63, 3.8) is 0 Å². The van der Waals surface area contributed by atoms with Crippen LogP contribution in [0.25, 0.3) is 0 Å². The first kappa shape index (κ1) is 27.6. The monoisotopic (exact) mass is 448 g/mol. The van der Waals surface area contributed by atoms with Gasteiger partial charge in [-0.05, 0) is 104 Å². The normalized spacial score (nSPS) is 49.5. The minimum Gasteiger partial charge on any atom is -0.550 e. The second kappa shape index (κ2) is 9.89. The van der Waals surface area contributed by atoms with E-state index in [1.807, 2.05) is 0 Å². The first-order chi connectivity index (χ1) is 13.6. The van der Waals surface area contributed by atoms with Crippen molar-refractivity contribution in [2.45, 2.75) is 96.9 Å². The molecular weight excluding hydrogens is 407 g/mol. The largest absolute Gasteiger partial charge is 1.00 e. The summed E-state index contributed by atoms with van der Waals surface area (Å²) in [5, 5.41) is 43.9. The Labute approximate surface area is 208 Å². The van der Waals surface area contributed by atoms with Crippen LogP contribution in [0.2, 0.25) is 0 Å². The van der Waals surface area contributed by atoms with Gasteiger partial charge in [0, 0.05) is 5.97 Å². The van der Waals surface area contributed by atoms with Gasteiger partial charge >= 0.3 is 29.6 Å². The van der Waals surface area contributed by atoms with Crippen molar-refractivity contribution in [2.24, 2.45) is 46.3 Å². The van der Waals surface area contributed by atoms with E-state index in [-0.39, 0.29) is 88.2 Å². The van der Waals surface area contributed by atoms with Gasteiger partial charge in [0.05, 0.1) is 18.3 Å². The number of carbonyl (C=O) groups is 1. The summed E-state index contributed by atoms with van der Waals surface area (Å²) in [5.74, 6) is 0.635. The summed E-state index contributed by atoms with van der Waals surface area (Å²) < 4.78 is 0. The van der Waals surface area contributed by atoms with Gasteiger partial charge < -0.3 is 30.7 Å². The molecule has 0 spiro atoms. The summed E-state index contributed by atoms with van der Waals surface area (Å²) >= 11 is 0. The molecular formula is C24H41NaO6. The van der Waals surface area contributed by atoms with E-state index in [1.165, 1.54) is 0 Å². The van der Waals surface area contributed by atoms with Gasteiger partial charge in [-0.1, -0.05) is 20.8 Å². The standard InChI is InChI=1S/C24H40O5.Na.H2O/c1-13(4-7-21(28)29)16-5-6-17-22-18(12-20(27)24(16,17)3)23(2)9-8-15(25)10-14(23)11-19(22)26;;/h13-20,22,25-27H,4-12H2,1-3H3,(H,28,29);;1H2/q;+1;/p-1/t13-,14+,15-,16-,17?,18?,19-,20+,22?,23+,24-;;/m1../s1. The molecule has 11 atom stereocenters. The molecule has 0 heterocycles. The molecule has 6 nitrogen and oxygen atoms in total. The van der Waals surface area contributed by atoms with E-state index >= 15 is 0 Å². The zero-order chi connectivity index (χ0) is 21.1. The van der Waals surface area contributed by atoms with E-state index in [1.54, 1.807) is 0 Å². The summed E-state index contributed by atoms with van der Waals surface area (Å²) in [5.41, 5.74) is -0.172. The summed E-state index contributed by atoms with van der Waals surface area (Å²) in [4.78, 5) is 11.0. The molecule has 0 aromatic heterocycles.